The van der Waals surface area contributed by atoms with E-state index in [1.807, 2.05) is 38.2 Å². The maximum atomic E-state index is 13.9. The molecule has 2 aromatic rings. The van der Waals surface area contributed by atoms with Gasteiger partial charge in [0.15, 0.2) is 0 Å². The predicted octanol–water partition coefficient (Wildman–Crippen LogP) is 3.61. The highest BCUT2D eigenvalue weighted by molar-refractivity contribution is 5.47. The van der Waals surface area contributed by atoms with Gasteiger partial charge in [-0.1, -0.05) is 18.2 Å². The zero-order chi connectivity index (χ0) is 15.4. The van der Waals surface area contributed by atoms with Gasteiger partial charge < -0.3 is 10.5 Å². The molecule has 0 spiro atoms. The second-order valence-corrected chi connectivity index (χ2v) is 5.23. The van der Waals surface area contributed by atoms with E-state index in [1.165, 1.54) is 6.07 Å². The molecule has 0 fully saturated rings. The molecule has 0 radical (unpaired) electrons. The largest absolute Gasteiger partial charge is 0.497 e. The number of halogens is 1. The molecular weight excluding hydrogens is 267 g/mol. The van der Waals surface area contributed by atoms with Crippen LogP contribution in [0.3, 0.4) is 0 Å². The summed E-state index contributed by atoms with van der Waals surface area (Å²) in [6.07, 6.45) is 0. The highest BCUT2D eigenvalue weighted by Crippen LogP contribution is 2.25. The molecule has 0 bridgehead atoms. The first-order chi connectivity index (χ1) is 10.0. The number of nitrogen functional groups attached to an aromatic ring is 1. The molecule has 1 unspecified atom stereocenters. The minimum atomic E-state index is -0.179. The molecule has 2 N–H and O–H groups in total. The van der Waals surface area contributed by atoms with Crippen LogP contribution >= 0.6 is 0 Å². The Morgan fingerprint density at radius 3 is 2.62 bits per heavy atom. The second kappa shape index (κ2) is 6.59. The van der Waals surface area contributed by atoms with E-state index < -0.39 is 0 Å². The number of hydrogen-bond acceptors (Lipinski definition) is 3. The Hall–Kier alpha value is -2.07. The standard InChI is InChI=1S/C17H21FN2O/c1-12(16-6-4-5-7-17(16)18)20(2)11-13-8-14(19)10-15(9-13)21-3/h4-10,12H,11,19H2,1-3H3. The average molecular weight is 288 g/mol. The second-order valence-electron chi connectivity index (χ2n) is 5.23. The summed E-state index contributed by atoms with van der Waals surface area (Å²) in [4.78, 5) is 2.08. The van der Waals surface area contributed by atoms with Gasteiger partial charge in [0.2, 0.25) is 0 Å². The van der Waals surface area contributed by atoms with Crippen LogP contribution in [0.5, 0.6) is 5.75 Å². The van der Waals surface area contributed by atoms with Crippen molar-refractivity contribution in [2.24, 2.45) is 0 Å². The van der Waals surface area contributed by atoms with E-state index in [4.69, 9.17) is 10.5 Å². The van der Waals surface area contributed by atoms with Crippen LogP contribution in [0.4, 0.5) is 10.1 Å². The molecule has 1 atom stereocenters. The van der Waals surface area contributed by atoms with Crippen molar-refractivity contribution in [2.75, 3.05) is 19.9 Å². The zero-order valence-electron chi connectivity index (χ0n) is 12.6. The van der Waals surface area contributed by atoms with Crippen molar-refractivity contribution in [1.29, 1.82) is 0 Å². The lowest BCUT2D eigenvalue weighted by Gasteiger charge is -2.25. The van der Waals surface area contributed by atoms with Crippen LogP contribution in [0.2, 0.25) is 0 Å². The third-order valence-electron chi connectivity index (χ3n) is 3.67. The third-order valence-corrected chi connectivity index (χ3v) is 3.67. The highest BCUT2D eigenvalue weighted by atomic mass is 19.1. The third kappa shape index (κ3) is 3.73. The Kier molecular flexibility index (Phi) is 4.81. The lowest BCUT2D eigenvalue weighted by molar-refractivity contribution is 0.247. The topological polar surface area (TPSA) is 38.5 Å². The molecule has 0 aromatic heterocycles. The van der Waals surface area contributed by atoms with E-state index in [1.54, 1.807) is 19.2 Å². The summed E-state index contributed by atoms with van der Waals surface area (Å²) in [5, 5.41) is 0. The van der Waals surface area contributed by atoms with E-state index >= 15 is 0 Å². The summed E-state index contributed by atoms with van der Waals surface area (Å²) in [5.41, 5.74) is 8.26. The lowest BCUT2D eigenvalue weighted by atomic mass is 10.1. The maximum Gasteiger partial charge on any atom is 0.127 e. The number of methoxy groups -OCH3 is 1. The summed E-state index contributed by atoms with van der Waals surface area (Å²) in [7, 11) is 3.58. The van der Waals surface area contributed by atoms with Crippen molar-refractivity contribution in [2.45, 2.75) is 19.5 Å². The normalized spacial score (nSPS) is 12.4. The van der Waals surface area contributed by atoms with Crippen molar-refractivity contribution < 1.29 is 9.13 Å². The summed E-state index contributed by atoms with van der Waals surface area (Å²) < 4.78 is 19.1. The van der Waals surface area contributed by atoms with E-state index in [0.29, 0.717) is 17.8 Å². The van der Waals surface area contributed by atoms with Crippen LogP contribution in [0, 0.1) is 5.82 Å². The van der Waals surface area contributed by atoms with E-state index in [9.17, 15) is 4.39 Å². The summed E-state index contributed by atoms with van der Waals surface area (Å²) in [6, 6.07) is 12.5. The Labute approximate surface area is 125 Å². The minimum Gasteiger partial charge on any atom is -0.497 e. The first kappa shape index (κ1) is 15.3. The molecule has 2 rings (SSSR count). The Morgan fingerprint density at radius 2 is 1.95 bits per heavy atom. The van der Waals surface area contributed by atoms with Gasteiger partial charge >= 0.3 is 0 Å². The molecule has 0 saturated carbocycles. The van der Waals surface area contributed by atoms with Crippen LogP contribution in [-0.4, -0.2) is 19.1 Å². The van der Waals surface area contributed by atoms with Gasteiger partial charge in [0.1, 0.15) is 11.6 Å². The number of nitrogens with two attached hydrogens (primary N) is 1. The van der Waals surface area contributed by atoms with Crippen molar-refractivity contribution in [3.05, 3.63) is 59.4 Å². The van der Waals surface area contributed by atoms with Crippen LogP contribution in [0.15, 0.2) is 42.5 Å². The number of rotatable bonds is 5. The molecule has 112 valence electrons. The van der Waals surface area contributed by atoms with Gasteiger partial charge in [-0.2, -0.15) is 0 Å². The van der Waals surface area contributed by atoms with Gasteiger partial charge in [0, 0.05) is 29.9 Å². The average Bonchev–Trinajstić information content (AvgIpc) is 2.46. The first-order valence-electron chi connectivity index (χ1n) is 6.89. The minimum absolute atomic E-state index is 0.0291. The van der Waals surface area contributed by atoms with Gasteiger partial charge in [-0.05, 0) is 37.7 Å². The van der Waals surface area contributed by atoms with Crippen LogP contribution < -0.4 is 10.5 Å². The number of anilines is 1. The van der Waals surface area contributed by atoms with Crippen molar-refractivity contribution >= 4 is 5.69 Å². The highest BCUT2D eigenvalue weighted by Gasteiger charge is 2.15. The van der Waals surface area contributed by atoms with Gasteiger partial charge in [-0.15, -0.1) is 0 Å². The lowest BCUT2D eigenvalue weighted by Crippen LogP contribution is -2.22. The van der Waals surface area contributed by atoms with Crippen molar-refractivity contribution in [3.8, 4) is 5.75 Å². The summed E-state index contributed by atoms with van der Waals surface area (Å²) in [6.45, 7) is 2.65. The monoisotopic (exact) mass is 288 g/mol. The van der Waals surface area contributed by atoms with Crippen LogP contribution in [0.1, 0.15) is 24.1 Å². The fraction of sp³-hybridized carbons (Fsp3) is 0.294. The van der Waals surface area contributed by atoms with Gasteiger partial charge in [0.25, 0.3) is 0 Å². The Morgan fingerprint density at radius 1 is 1.24 bits per heavy atom. The summed E-state index contributed by atoms with van der Waals surface area (Å²) >= 11 is 0. The molecule has 0 amide bonds. The predicted molar refractivity (Wildman–Crippen MR) is 83.7 cm³/mol. The number of hydrogen-bond donors (Lipinski definition) is 1. The number of nitrogens with zero attached hydrogens (tertiary/aromatic N) is 1. The van der Waals surface area contributed by atoms with Crippen LogP contribution in [0.25, 0.3) is 0 Å². The SMILES string of the molecule is COc1cc(N)cc(CN(C)C(C)c2ccccc2F)c1. The molecular formula is C17H21FN2O. The fourth-order valence-corrected chi connectivity index (χ4v) is 2.37. The van der Waals surface area contributed by atoms with Crippen molar-refractivity contribution in [3.63, 3.8) is 0 Å². The molecule has 0 aliphatic rings. The quantitative estimate of drug-likeness (QED) is 0.854. The molecule has 0 heterocycles. The number of benzene rings is 2. The molecule has 2 aromatic carbocycles. The molecule has 0 aliphatic heterocycles. The van der Waals surface area contributed by atoms with Gasteiger partial charge in [-0.25, -0.2) is 4.39 Å². The Balaban J connectivity index is 2.16. The smallest absolute Gasteiger partial charge is 0.127 e. The van der Waals surface area contributed by atoms with E-state index in [2.05, 4.69) is 4.90 Å². The Bertz CT molecular complexity index is 615. The van der Waals surface area contributed by atoms with Gasteiger partial charge in [0.05, 0.1) is 7.11 Å². The molecule has 0 saturated heterocycles. The zero-order valence-corrected chi connectivity index (χ0v) is 12.6. The van der Waals surface area contributed by atoms with Gasteiger partial charge in [-0.3, -0.25) is 4.90 Å². The number of ether oxygens (including phenoxy) is 1. The maximum absolute atomic E-state index is 13.9. The van der Waals surface area contributed by atoms with E-state index in [0.717, 1.165) is 11.3 Å². The van der Waals surface area contributed by atoms with E-state index in [-0.39, 0.29) is 11.9 Å². The van der Waals surface area contributed by atoms with Crippen molar-refractivity contribution in [1.82, 2.24) is 4.90 Å². The molecule has 21 heavy (non-hydrogen) atoms. The molecule has 0 aliphatic carbocycles. The first-order valence-corrected chi connectivity index (χ1v) is 6.89. The summed E-state index contributed by atoms with van der Waals surface area (Å²) in [5.74, 6) is 0.555. The molecule has 3 nitrogen and oxygen atoms in total. The fourth-order valence-electron chi connectivity index (χ4n) is 2.37. The van der Waals surface area contributed by atoms with Crippen LogP contribution in [-0.2, 0) is 6.54 Å². The molecule has 4 heteroatoms.